The highest BCUT2D eigenvalue weighted by Gasteiger charge is 2.33. The molecule has 132 valence electrons. The summed E-state index contributed by atoms with van der Waals surface area (Å²) < 4.78 is 5.53. The van der Waals surface area contributed by atoms with Crippen molar-refractivity contribution in [1.29, 1.82) is 0 Å². The first-order valence-electron chi connectivity index (χ1n) is 8.95. The molecule has 0 aromatic heterocycles. The number of piperazine rings is 1. The maximum atomic E-state index is 13.4. The lowest BCUT2D eigenvalue weighted by Crippen LogP contribution is -2.50. The highest BCUT2D eigenvalue weighted by Crippen LogP contribution is 2.33. The van der Waals surface area contributed by atoms with Gasteiger partial charge in [0.1, 0.15) is 5.75 Å². The van der Waals surface area contributed by atoms with Crippen molar-refractivity contribution in [2.75, 3.05) is 26.7 Å². The van der Waals surface area contributed by atoms with E-state index in [1.54, 1.807) is 7.11 Å². The molecule has 0 bridgehead atoms. The Morgan fingerprint density at radius 2 is 1.92 bits per heavy atom. The largest absolute Gasteiger partial charge is 0.496 e. The summed E-state index contributed by atoms with van der Waals surface area (Å²) in [5.74, 6) is 0.935. The number of benzene rings is 2. The molecule has 4 heteroatoms. The predicted octanol–water partition coefficient (Wildman–Crippen LogP) is 3.36. The minimum atomic E-state index is -0.100. The summed E-state index contributed by atoms with van der Waals surface area (Å²) in [7, 11) is 1.68. The molecule has 1 fully saturated rings. The number of nitrogens with one attached hydrogen (secondary N) is 1. The zero-order valence-corrected chi connectivity index (χ0v) is 14.9. The van der Waals surface area contributed by atoms with E-state index in [9.17, 15) is 4.79 Å². The van der Waals surface area contributed by atoms with E-state index in [1.165, 1.54) is 0 Å². The fourth-order valence-electron chi connectivity index (χ4n) is 3.63. The molecule has 25 heavy (non-hydrogen) atoms. The maximum absolute atomic E-state index is 13.4. The Labute approximate surface area is 149 Å². The zero-order chi connectivity index (χ0) is 17.6. The summed E-state index contributed by atoms with van der Waals surface area (Å²) in [6.45, 7) is 4.36. The standard InChI is InChI=1S/C21H26N2O2/c1-3-17(16-9-5-4-6-10-16)21(24)23-14-13-22-15-19(23)18-11-7-8-12-20(18)25-2/h4-12,17,19,22H,3,13-15H2,1-2H3. The van der Waals surface area contributed by atoms with Crippen molar-refractivity contribution in [3.05, 3.63) is 65.7 Å². The third-order valence-electron chi connectivity index (χ3n) is 4.93. The number of ether oxygens (including phenoxy) is 1. The first-order valence-corrected chi connectivity index (χ1v) is 8.95. The van der Waals surface area contributed by atoms with Crippen molar-refractivity contribution in [3.8, 4) is 5.75 Å². The van der Waals surface area contributed by atoms with Crippen LogP contribution in [0.1, 0.15) is 36.4 Å². The number of carbonyl (C=O) groups is 1. The lowest BCUT2D eigenvalue weighted by Gasteiger charge is -2.39. The number of carbonyl (C=O) groups excluding carboxylic acids is 1. The van der Waals surface area contributed by atoms with Crippen LogP contribution >= 0.6 is 0 Å². The molecule has 0 saturated carbocycles. The summed E-state index contributed by atoms with van der Waals surface area (Å²) in [5, 5.41) is 3.42. The first kappa shape index (κ1) is 17.5. The number of para-hydroxylation sites is 1. The monoisotopic (exact) mass is 338 g/mol. The van der Waals surface area contributed by atoms with E-state index in [-0.39, 0.29) is 17.9 Å². The van der Waals surface area contributed by atoms with Crippen LogP contribution in [0, 0.1) is 0 Å². The molecule has 1 aliphatic rings. The van der Waals surface area contributed by atoms with Crippen molar-refractivity contribution in [1.82, 2.24) is 10.2 Å². The van der Waals surface area contributed by atoms with Crippen molar-refractivity contribution < 1.29 is 9.53 Å². The summed E-state index contributed by atoms with van der Waals surface area (Å²) >= 11 is 0. The van der Waals surface area contributed by atoms with Crippen LogP contribution in [0.3, 0.4) is 0 Å². The van der Waals surface area contributed by atoms with Crippen molar-refractivity contribution >= 4 is 5.91 Å². The fraction of sp³-hybridized carbons (Fsp3) is 0.381. The molecule has 0 aliphatic carbocycles. The molecule has 2 atom stereocenters. The number of hydrogen-bond donors (Lipinski definition) is 1. The highest BCUT2D eigenvalue weighted by molar-refractivity contribution is 5.84. The summed E-state index contributed by atoms with van der Waals surface area (Å²) in [6, 6.07) is 18.1. The predicted molar refractivity (Wildman–Crippen MR) is 99.8 cm³/mol. The molecule has 4 nitrogen and oxygen atoms in total. The zero-order valence-electron chi connectivity index (χ0n) is 14.9. The quantitative estimate of drug-likeness (QED) is 0.909. The molecule has 1 saturated heterocycles. The Morgan fingerprint density at radius 3 is 2.64 bits per heavy atom. The molecule has 2 aromatic carbocycles. The van der Waals surface area contributed by atoms with Gasteiger partial charge in [-0.3, -0.25) is 4.79 Å². The molecule has 0 spiro atoms. The molecule has 3 rings (SSSR count). The number of hydrogen-bond acceptors (Lipinski definition) is 3. The Kier molecular flexibility index (Phi) is 5.71. The van der Waals surface area contributed by atoms with Crippen LogP contribution < -0.4 is 10.1 Å². The van der Waals surface area contributed by atoms with Crippen LogP contribution in [-0.4, -0.2) is 37.6 Å². The molecule has 2 aromatic rings. The van der Waals surface area contributed by atoms with Crippen LogP contribution in [0.4, 0.5) is 0 Å². The van der Waals surface area contributed by atoms with Gasteiger partial charge in [-0.25, -0.2) is 0 Å². The number of amides is 1. The van der Waals surface area contributed by atoms with Gasteiger partial charge in [0.2, 0.25) is 5.91 Å². The van der Waals surface area contributed by atoms with Crippen molar-refractivity contribution in [2.45, 2.75) is 25.3 Å². The minimum absolute atomic E-state index is 0.00448. The molecule has 1 heterocycles. The molecule has 2 unspecified atom stereocenters. The van der Waals surface area contributed by atoms with E-state index in [2.05, 4.69) is 18.3 Å². The molecule has 1 aliphatic heterocycles. The van der Waals surface area contributed by atoms with Gasteiger partial charge in [0, 0.05) is 25.2 Å². The van der Waals surface area contributed by atoms with E-state index < -0.39 is 0 Å². The Hall–Kier alpha value is -2.33. The lowest BCUT2D eigenvalue weighted by molar-refractivity contribution is -0.136. The summed E-state index contributed by atoms with van der Waals surface area (Å²) in [6.07, 6.45) is 0.797. The second-order valence-corrected chi connectivity index (χ2v) is 6.37. The minimum Gasteiger partial charge on any atom is -0.496 e. The van der Waals surface area contributed by atoms with E-state index in [4.69, 9.17) is 4.74 Å². The van der Waals surface area contributed by atoms with Gasteiger partial charge in [0.25, 0.3) is 0 Å². The molecule has 1 N–H and O–H groups in total. The Bertz CT molecular complexity index is 702. The maximum Gasteiger partial charge on any atom is 0.230 e. The van der Waals surface area contributed by atoms with E-state index >= 15 is 0 Å². The Morgan fingerprint density at radius 1 is 1.20 bits per heavy atom. The normalized spacial score (nSPS) is 18.6. The van der Waals surface area contributed by atoms with E-state index in [1.807, 2.05) is 53.4 Å². The number of nitrogens with zero attached hydrogens (tertiary/aromatic N) is 1. The second kappa shape index (κ2) is 8.17. The third kappa shape index (κ3) is 3.69. The number of rotatable bonds is 5. The molecular weight excluding hydrogens is 312 g/mol. The summed E-state index contributed by atoms with van der Waals surface area (Å²) in [4.78, 5) is 15.4. The summed E-state index contributed by atoms with van der Waals surface area (Å²) in [5.41, 5.74) is 2.15. The fourth-order valence-corrected chi connectivity index (χ4v) is 3.63. The SMILES string of the molecule is CCC(C(=O)N1CCNCC1c1ccccc1OC)c1ccccc1. The van der Waals surface area contributed by atoms with Gasteiger partial charge in [0.15, 0.2) is 0 Å². The van der Waals surface area contributed by atoms with Gasteiger partial charge in [-0.05, 0) is 18.1 Å². The molecule has 1 amide bonds. The average Bonchev–Trinajstić information content (AvgIpc) is 2.69. The molecular formula is C21H26N2O2. The van der Waals surface area contributed by atoms with Crippen LogP contribution in [0.25, 0.3) is 0 Å². The van der Waals surface area contributed by atoms with Gasteiger partial charge in [-0.1, -0.05) is 55.5 Å². The van der Waals surface area contributed by atoms with Crippen LogP contribution in [0.5, 0.6) is 5.75 Å². The lowest BCUT2D eigenvalue weighted by atomic mass is 9.92. The van der Waals surface area contributed by atoms with Gasteiger partial charge in [0.05, 0.1) is 19.1 Å². The average molecular weight is 338 g/mol. The first-order chi connectivity index (χ1) is 12.3. The van der Waals surface area contributed by atoms with Crippen LogP contribution in [0.15, 0.2) is 54.6 Å². The third-order valence-corrected chi connectivity index (χ3v) is 4.93. The van der Waals surface area contributed by atoms with Gasteiger partial charge < -0.3 is 15.0 Å². The van der Waals surface area contributed by atoms with Gasteiger partial charge >= 0.3 is 0 Å². The van der Waals surface area contributed by atoms with E-state index in [0.717, 1.165) is 36.4 Å². The highest BCUT2D eigenvalue weighted by atomic mass is 16.5. The molecule has 0 radical (unpaired) electrons. The van der Waals surface area contributed by atoms with Crippen molar-refractivity contribution in [3.63, 3.8) is 0 Å². The van der Waals surface area contributed by atoms with Crippen molar-refractivity contribution in [2.24, 2.45) is 0 Å². The second-order valence-electron chi connectivity index (χ2n) is 6.37. The Balaban J connectivity index is 1.91. The smallest absolute Gasteiger partial charge is 0.230 e. The van der Waals surface area contributed by atoms with Crippen LogP contribution in [0.2, 0.25) is 0 Å². The number of methoxy groups -OCH3 is 1. The van der Waals surface area contributed by atoms with Crippen LogP contribution in [-0.2, 0) is 4.79 Å². The van der Waals surface area contributed by atoms with E-state index in [0.29, 0.717) is 6.54 Å². The van der Waals surface area contributed by atoms with Gasteiger partial charge in [-0.2, -0.15) is 0 Å². The van der Waals surface area contributed by atoms with Gasteiger partial charge in [-0.15, -0.1) is 0 Å². The topological polar surface area (TPSA) is 41.6 Å².